The number of rotatable bonds is 4. The summed E-state index contributed by atoms with van der Waals surface area (Å²) in [5, 5.41) is 13.7. The molecule has 12 heteroatoms. The number of nitrogens with zero attached hydrogens (tertiary/aromatic N) is 2. The molecule has 2 saturated heterocycles. The summed E-state index contributed by atoms with van der Waals surface area (Å²) in [6.45, 7) is 2.00. The number of hydrogen-bond acceptors (Lipinski definition) is 7. The molecule has 3 heterocycles. The summed E-state index contributed by atoms with van der Waals surface area (Å²) in [7, 11) is -2.66. The Morgan fingerprint density at radius 1 is 1.05 bits per heavy atom. The molecule has 0 radical (unpaired) electrons. The maximum Gasteiger partial charge on any atom is 0.247 e. The number of fused-ring (bicyclic) bond motifs is 2. The minimum atomic E-state index is -4.29. The van der Waals surface area contributed by atoms with Crippen LogP contribution in [0.2, 0.25) is 0 Å². The highest BCUT2D eigenvalue weighted by Crippen LogP contribution is 2.38. The average Bonchev–Trinajstić information content (AvgIpc) is 3.41. The molecule has 3 aromatic carbocycles. The number of sulfonamides is 1. The van der Waals surface area contributed by atoms with Crippen molar-refractivity contribution in [3.8, 4) is 22.6 Å². The minimum absolute atomic E-state index is 0.00723. The van der Waals surface area contributed by atoms with E-state index < -0.39 is 45.2 Å². The highest BCUT2D eigenvalue weighted by atomic mass is 32.2. The van der Waals surface area contributed by atoms with E-state index in [0.717, 1.165) is 34.3 Å². The van der Waals surface area contributed by atoms with Crippen LogP contribution in [0.15, 0.2) is 65.6 Å². The predicted octanol–water partition coefficient (Wildman–Crippen LogP) is 3.70. The lowest BCUT2D eigenvalue weighted by molar-refractivity contribution is -0.127. The molecule has 3 aliphatic rings. The zero-order valence-corrected chi connectivity index (χ0v) is 25.2. The van der Waals surface area contributed by atoms with Crippen molar-refractivity contribution >= 4 is 15.9 Å². The number of aliphatic hydroxyl groups excluding tert-OH is 1. The molecule has 0 saturated carbocycles. The lowest BCUT2D eigenvalue weighted by Crippen LogP contribution is -2.59. The first-order valence-corrected chi connectivity index (χ1v) is 16.1. The van der Waals surface area contributed by atoms with Crippen LogP contribution in [0.4, 0.5) is 8.78 Å². The second-order valence-electron chi connectivity index (χ2n) is 11.8. The Hall–Kier alpha value is -3.58. The number of carbonyl (C=O) groups is 1. The van der Waals surface area contributed by atoms with Gasteiger partial charge >= 0.3 is 0 Å². The fourth-order valence-corrected chi connectivity index (χ4v) is 8.16. The molecule has 1 amide bonds. The largest absolute Gasteiger partial charge is 0.497 e. The highest BCUT2D eigenvalue weighted by Gasteiger charge is 2.47. The Morgan fingerprint density at radius 2 is 1.80 bits per heavy atom. The van der Waals surface area contributed by atoms with Crippen LogP contribution in [0.25, 0.3) is 11.1 Å². The van der Waals surface area contributed by atoms with Crippen molar-refractivity contribution < 1.29 is 36.6 Å². The first-order chi connectivity index (χ1) is 21.1. The molecule has 0 aliphatic carbocycles. The molecular formula is C32H35F2N3O6S. The molecular weight excluding hydrogens is 592 g/mol. The number of nitrogens with one attached hydrogen (secondary N) is 1. The molecule has 3 aliphatic heterocycles. The summed E-state index contributed by atoms with van der Waals surface area (Å²) in [6, 6.07) is 14.2. The van der Waals surface area contributed by atoms with E-state index in [9.17, 15) is 27.1 Å². The van der Waals surface area contributed by atoms with Gasteiger partial charge < -0.3 is 19.9 Å². The SMILES string of the molecule is COc1ccc(CN2CCC3(CCOc4cc(-c5ccc(F)cc5F)ccc4S(=O)(=O)N4C[C@H](O)C[C@H]4C(=O)N3)CC2)cc1. The van der Waals surface area contributed by atoms with Gasteiger partial charge in [-0.15, -0.1) is 0 Å². The van der Waals surface area contributed by atoms with Gasteiger partial charge in [-0.1, -0.05) is 18.2 Å². The lowest BCUT2D eigenvalue weighted by atomic mass is 9.84. The predicted molar refractivity (Wildman–Crippen MR) is 159 cm³/mol. The van der Waals surface area contributed by atoms with E-state index in [-0.39, 0.29) is 35.8 Å². The normalized spacial score (nSPS) is 23.6. The van der Waals surface area contributed by atoms with Crippen LogP contribution < -0.4 is 14.8 Å². The molecule has 234 valence electrons. The highest BCUT2D eigenvalue weighted by molar-refractivity contribution is 7.89. The van der Waals surface area contributed by atoms with E-state index in [1.54, 1.807) is 7.11 Å². The average molecular weight is 628 g/mol. The van der Waals surface area contributed by atoms with Crippen molar-refractivity contribution in [2.45, 2.75) is 54.8 Å². The molecule has 0 aromatic heterocycles. The van der Waals surface area contributed by atoms with Crippen LogP contribution >= 0.6 is 0 Å². The third-order valence-corrected chi connectivity index (χ3v) is 10.8. The third-order valence-electron chi connectivity index (χ3n) is 8.91. The van der Waals surface area contributed by atoms with Gasteiger partial charge in [0.1, 0.15) is 34.1 Å². The quantitative estimate of drug-likeness (QED) is 0.454. The summed E-state index contributed by atoms with van der Waals surface area (Å²) in [6.07, 6.45) is 0.614. The second-order valence-corrected chi connectivity index (χ2v) is 13.6. The monoisotopic (exact) mass is 627 g/mol. The topological polar surface area (TPSA) is 108 Å². The van der Waals surface area contributed by atoms with Gasteiger partial charge in [0.25, 0.3) is 0 Å². The van der Waals surface area contributed by atoms with Gasteiger partial charge in [0, 0.05) is 56.2 Å². The summed E-state index contributed by atoms with van der Waals surface area (Å²) in [5.41, 5.74) is 0.903. The van der Waals surface area contributed by atoms with E-state index in [2.05, 4.69) is 10.2 Å². The first kappa shape index (κ1) is 30.4. The van der Waals surface area contributed by atoms with Crippen molar-refractivity contribution in [1.82, 2.24) is 14.5 Å². The van der Waals surface area contributed by atoms with E-state index in [1.165, 1.54) is 24.3 Å². The standard InChI is InChI=1S/C32H35F2N3O6S/c1-42-25-6-2-21(3-7-25)19-36-13-10-32(11-14-36)12-15-43-29-16-22(26-8-5-23(33)17-27(26)34)4-9-30(29)44(40,41)37-20-24(38)18-28(37)31(39)35-32/h2-9,16-17,24,28,38H,10-15,18-20H2,1H3,(H,35,39)/t24-,28+/m1/s1. The van der Waals surface area contributed by atoms with Crippen LogP contribution in [-0.4, -0.2) is 79.7 Å². The first-order valence-electron chi connectivity index (χ1n) is 14.7. The van der Waals surface area contributed by atoms with Crippen molar-refractivity contribution in [2.24, 2.45) is 0 Å². The molecule has 44 heavy (non-hydrogen) atoms. The van der Waals surface area contributed by atoms with Crippen LogP contribution in [0, 0.1) is 11.6 Å². The number of hydrogen-bond donors (Lipinski definition) is 2. The van der Waals surface area contributed by atoms with Crippen molar-refractivity contribution in [2.75, 3.05) is 33.4 Å². The summed E-state index contributed by atoms with van der Waals surface area (Å²) >= 11 is 0. The second kappa shape index (κ2) is 12.1. The Bertz CT molecular complexity index is 1640. The van der Waals surface area contributed by atoms with E-state index in [0.29, 0.717) is 37.9 Å². The van der Waals surface area contributed by atoms with Gasteiger partial charge in [-0.25, -0.2) is 17.2 Å². The zero-order chi connectivity index (χ0) is 31.1. The Kier molecular flexibility index (Phi) is 8.35. The van der Waals surface area contributed by atoms with Crippen LogP contribution in [-0.2, 0) is 21.4 Å². The maximum absolute atomic E-state index is 14.7. The fraction of sp³-hybridized carbons (Fsp3) is 0.406. The number of methoxy groups -OCH3 is 1. The Balaban J connectivity index is 1.29. The number of aliphatic hydroxyl groups is 1. The number of amides is 1. The fourth-order valence-electron chi connectivity index (χ4n) is 6.41. The van der Waals surface area contributed by atoms with Crippen molar-refractivity contribution in [3.05, 3.63) is 77.9 Å². The van der Waals surface area contributed by atoms with Gasteiger partial charge in [0.15, 0.2) is 0 Å². The molecule has 0 unspecified atom stereocenters. The number of halogens is 2. The molecule has 2 atom stereocenters. The van der Waals surface area contributed by atoms with E-state index in [1.807, 2.05) is 24.3 Å². The van der Waals surface area contributed by atoms with E-state index >= 15 is 0 Å². The van der Waals surface area contributed by atoms with Gasteiger partial charge in [0.2, 0.25) is 15.9 Å². The molecule has 0 bridgehead atoms. The minimum Gasteiger partial charge on any atom is -0.497 e. The Labute approximate surface area is 255 Å². The lowest BCUT2D eigenvalue weighted by Gasteiger charge is -2.43. The number of likely N-dealkylation sites (tertiary alicyclic amines) is 1. The number of ether oxygens (including phenoxy) is 2. The number of piperidine rings is 1. The molecule has 3 aromatic rings. The third kappa shape index (κ3) is 6.03. The number of carbonyl (C=O) groups excluding carboxylic acids is 1. The smallest absolute Gasteiger partial charge is 0.247 e. The van der Waals surface area contributed by atoms with Crippen LogP contribution in [0.3, 0.4) is 0 Å². The summed E-state index contributed by atoms with van der Waals surface area (Å²) in [4.78, 5) is 15.8. The van der Waals surface area contributed by atoms with Crippen LogP contribution in [0.1, 0.15) is 31.2 Å². The van der Waals surface area contributed by atoms with E-state index in [4.69, 9.17) is 9.47 Å². The molecule has 2 fully saturated rings. The molecule has 9 nitrogen and oxygen atoms in total. The molecule has 1 spiro atoms. The van der Waals surface area contributed by atoms with Crippen molar-refractivity contribution in [1.29, 1.82) is 0 Å². The summed E-state index contributed by atoms with van der Waals surface area (Å²) in [5.74, 6) is -1.16. The molecule has 2 N–H and O–H groups in total. The van der Waals surface area contributed by atoms with Gasteiger partial charge in [-0.2, -0.15) is 4.31 Å². The van der Waals surface area contributed by atoms with Crippen molar-refractivity contribution in [3.63, 3.8) is 0 Å². The van der Waals surface area contributed by atoms with Crippen LogP contribution in [0.5, 0.6) is 11.5 Å². The number of benzene rings is 3. The Morgan fingerprint density at radius 3 is 2.50 bits per heavy atom. The van der Waals surface area contributed by atoms with Gasteiger partial charge in [0.05, 0.1) is 19.8 Å². The maximum atomic E-state index is 14.7. The van der Waals surface area contributed by atoms with Gasteiger partial charge in [-0.3, -0.25) is 9.69 Å². The summed E-state index contributed by atoms with van der Waals surface area (Å²) < 4.78 is 68.5. The zero-order valence-electron chi connectivity index (χ0n) is 24.3. The molecule has 6 rings (SSSR count). The van der Waals surface area contributed by atoms with Gasteiger partial charge in [-0.05, 0) is 60.4 Å².